The fourth-order valence-electron chi connectivity index (χ4n) is 2.53. The summed E-state index contributed by atoms with van der Waals surface area (Å²) in [7, 11) is 0. The SMILES string of the molecule is Cc1ccc(/C=C/C(=O)NCCCOC2CCCCC2)o1. The van der Waals surface area contributed by atoms with Crippen LogP contribution < -0.4 is 5.32 Å². The fraction of sp³-hybridized carbons (Fsp3) is 0.588. The Kier molecular flexibility index (Phi) is 6.54. The summed E-state index contributed by atoms with van der Waals surface area (Å²) in [6, 6.07) is 3.72. The lowest BCUT2D eigenvalue weighted by molar-refractivity contribution is -0.116. The summed E-state index contributed by atoms with van der Waals surface area (Å²) in [4.78, 5) is 11.6. The molecule has 0 saturated heterocycles. The molecule has 1 aliphatic rings. The highest BCUT2D eigenvalue weighted by atomic mass is 16.5. The fourth-order valence-corrected chi connectivity index (χ4v) is 2.53. The maximum Gasteiger partial charge on any atom is 0.244 e. The molecule has 1 N–H and O–H groups in total. The van der Waals surface area contributed by atoms with Crippen molar-refractivity contribution < 1.29 is 13.9 Å². The van der Waals surface area contributed by atoms with E-state index in [1.165, 1.54) is 38.2 Å². The van der Waals surface area contributed by atoms with Crippen LogP contribution in [0.25, 0.3) is 6.08 Å². The molecule has 2 rings (SSSR count). The lowest BCUT2D eigenvalue weighted by Crippen LogP contribution is -2.24. The van der Waals surface area contributed by atoms with E-state index in [0.717, 1.165) is 18.8 Å². The van der Waals surface area contributed by atoms with Crippen molar-refractivity contribution in [3.05, 3.63) is 29.7 Å². The van der Waals surface area contributed by atoms with Crippen LogP contribution in [0.2, 0.25) is 0 Å². The van der Waals surface area contributed by atoms with Gasteiger partial charge in [0.25, 0.3) is 0 Å². The number of nitrogens with one attached hydrogen (secondary N) is 1. The minimum absolute atomic E-state index is 0.0956. The van der Waals surface area contributed by atoms with Crippen LogP contribution in [-0.4, -0.2) is 25.2 Å². The zero-order valence-electron chi connectivity index (χ0n) is 12.8. The van der Waals surface area contributed by atoms with Crippen LogP contribution in [0.5, 0.6) is 0 Å². The highest BCUT2D eigenvalue weighted by Crippen LogP contribution is 2.20. The van der Waals surface area contributed by atoms with Gasteiger partial charge in [-0.3, -0.25) is 4.79 Å². The summed E-state index contributed by atoms with van der Waals surface area (Å²) in [6.45, 7) is 3.25. The first-order valence-electron chi connectivity index (χ1n) is 7.88. The van der Waals surface area contributed by atoms with Gasteiger partial charge in [0.2, 0.25) is 5.91 Å². The summed E-state index contributed by atoms with van der Waals surface area (Å²) in [5.74, 6) is 1.44. The normalized spacial score (nSPS) is 16.4. The number of hydrogen-bond donors (Lipinski definition) is 1. The van der Waals surface area contributed by atoms with E-state index >= 15 is 0 Å². The number of carbonyl (C=O) groups excluding carboxylic acids is 1. The van der Waals surface area contributed by atoms with Crippen molar-refractivity contribution in [2.24, 2.45) is 0 Å². The summed E-state index contributed by atoms with van der Waals surface area (Å²) in [5.41, 5.74) is 0. The Morgan fingerprint density at radius 2 is 2.19 bits per heavy atom. The molecule has 1 saturated carbocycles. The van der Waals surface area contributed by atoms with Gasteiger partial charge >= 0.3 is 0 Å². The van der Waals surface area contributed by atoms with Gasteiger partial charge in [-0.15, -0.1) is 0 Å². The van der Waals surface area contributed by atoms with Crippen LogP contribution in [0.4, 0.5) is 0 Å². The van der Waals surface area contributed by atoms with E-state index in [2.05, 4.69) is 5.32 Å². The summed E-state index contributed by atoms with van der Waals surface area (Å²) >= 11 is 0. The van der Waals surface area contributed by atoms with Crippen LogP contribution in [0, 0.1) is 6.92 Å². The standard InChI is InChI=1S/C17H25NO3/c1-14-8-9-16(21-14)10-11-17(19)18-12-5-13-20-15-6-3-2-4-7-15/h8-11,15H,2-7,12-13H2,1H3,(H,18,19)/b11-10+. The van der Waals surface area contributed by atoms with Crippen molar-refractivity contribution in [2.45, 2.75) is 51.6 Å². The monoisotopic (exact) mass is 291 g/mol. The number of aryl methyl sites for hydroxylation is 1. The summed E-state index contributed by atoms with van der Waals surface area (Å²) < 4.78 is 11.2. The molecule has 0 bridgehead atoms. The molecular weight excluding hydrogens is 266 g/mol. The molecular formula is C17H25NO3. The third kappa shape index (κ3) is 6.17. The molecule has 0 unspecified atom stereocenters. The molecule has 0 aliphatic heterocycles. The van der Waals surface area contributed by atoms with Crippen LogP contribution in [0.1, 0.15) is 50.0 Å². The summed E-state index contributed by atoms with van der Waals surface area (Å²) in [5, 5.41) is 2.85. The molecule has 1 aromatic rings. The van der Waals surface area contributed by atoms with E-state index in [0.29, 0.717) is 18.4 Å². The van der Waals surface area contributed by atoms with Crippen molar-refractivity contribution in [3.8, 4) is 0 Å². The van der Waals surface area contributed by atoms with Gasteiger partial charge in [0.15, 0.2) is 0 Å². The van der Waals surface area contributed by atoms with Crippen LogP contribution in [0.15, 0.2) is 22.6 Å². The Labute approximate surface area is 126 Å². The molecule has 1 aromatic heterocycles. The summed E-state index contributed by atoms with van der Waals surface area (Å²) in [6.07, 6.45) is 10.8. The average Bonchev–Trinajstić information content (AvgIpc) is 2.91. The van der Waals surface area contributed by atoms with Gasteiger partial charge < -0.3 is 14.5 Å². The van der Waals surface area contributed by atoms with Gasteiger partial charge in [0, 0.05) is 19.2 Å². The van der Waals surface area contributed by atoms with Gasteiger partial charge in [-0.2, -0.15) is 0 Å². The Hall–Kier alpha value is -1.55. The average molecular weight is 291 g/mol. The lowest BCUT2D eigenvalue weighted by Gasteiger charge is -2.21. The third-order valence-corrected chi connectivity index (χ3v) is 3.69. The second kappa shape index (κ2) is 8.67. The highest BCUT2D eigenvalue weighted by molar-refractivity contribution is 5.91. The second-order valence-corrected chi connectivity index (χ2v) is 5.56. The Morgan fingerprint density at radius 3 is 2.90 bits per heavy atom. The molecule has 4 nitrogen and oxygen atoms in total. The first-order chi connectivity index (χ1) is 10.2. The number of amides is 1. The topological polar surface area (TPSA) is 51.5 Å². The van der Waals surface area contributed by atoms with Crippen molar-refractivity contribution >= 4 is 12.0 Å². The predicted molar refractivity (Wildman–Crippen MR) is 82.9 cm³/mol. The molecule has 1 aliphatic carbocycles. The molecule has 1 amide bonds. The Morgan fingerprint density at radius 1 is 1.38 bits per heavy atom. The lowest BCUT2D eigenvalue weighted by atomic mass is 9.98. The number of rotatable bonds is 7. The first-order valence-corrected chi connectivity index (χ1v) is 7.88. The van der Waals surface area contributed by atoms with Crippen molar-refractivity contribution in [1.82, 2.24) is 5.32 Å². The zero-order valence-corrected chi connectivity index (χ0v) is 12.8. The maximum atomic E-state index is 11.6. The first kappa shape index (κ1) is 15.8. The minimum Gasteiger partial charge on any atom is -0.462 e. The molecule has 1 fully saturated rings. The van der Waals surface area contributed by atoms with Gasteiger partial charge in [-0.05, 0) is 44.4 Å². The third-order valence-electron chi connectivity index (χ3n) is 3.69. The van der Waals surface area contributed by atoms with E-state index in [1.54, 1.807) is 6.08 Å². The Balaban J connectivity index is 1.53. The Bertz CT molecular complexity index is 458. The molecule has 0 atom stereocenters. The smallest absolute Gasteiger partial charge is 0.244 e. The maximum absolute atomic E-state index is 11.6. The van der Waals surface area contributed by atoms with Gasteiger partial charge in [-0.1, -0.05) is 19.3 Å². The highest BCUT2D eigenvalue weighted by Gasteiger charge is 2.12. The quantitative estimate of drug-likeness (QED) is 0.618. The second-order valence-electron chi connectivity index (χ2n) is 5.56. The molecule has 0 radical (unpaired) electrons. The molecule has 0 aromatic carbocycles. The molecule has 4 heteroatoms. The number of furan rings is 1. The van der Waals surface area contributed by atoms with Crippen molar-refractivity contribution in [1.29, 1.82) is 0 Å². The van der Waals surface area contributed by atoms with Crippen molar-refractivity contribution in [2.75, 3.05) is 13.2 Å². The molecule has 0 spiro atoms. The number of ether oxygens (including phenoxy) is 1. The molecule has 1 heterocycles. The van der Waals surface area contributed by atoms with E-state index in [9.17, 15) is 4.79 Å². The van der Waals surface area contributed by atoms with Gasteiger partial charge in [0.1, 0.15) is 11.5 Å². The van der Waals surface area contributed by atoms with Crippen LogP contribution in [0.3, 0.4) is 0 Å². The van der Waals surface area contributed by atoms with Crippen molar-refractivity contribution in [3.63, 3.8) is 0 Å². The van der Waals surface area contributed by atoms with E-state index < -0.39 is 0 Å². The minimum atomic E-state index is -0.0956. The zero-order chi connectivity index (χ0) is 14.9. The largest absolute Gasteiger partial charge is 0.462 e. The predicted octanol–water partition coefficient (Wildman–Crippen LogP) is 3.46. The van der Waals surface area contributed by atoms with Crippen LogP contribution in [-0.2, 0) is 9.53 Å². The van der Waals surface area contributed by atoms with E-state index in [1.807, 2.05) is 19.1 Å². The molecule has 116 valence electrons. The molecule has 21 heavy (non-hydrogen) atoms. The van der Waals surface area contributed by atoms with Gasteiger partial charge in [0.05, 0.1) is 6.10 Å². The van der Waals surface area contributed by atoms with E-state index in [4.69, 9.17) is 9.15 Å². The van der Waals surface area contributed by atoms with Crippen LogP contribution >= 0.6 is 0 Å². The number of hydrogen-bond acceptors (Lipinski definition) is 3. The number of carbonyl (C=O) groups is 1. The van der Waals surface area contributed by atoms with Gasteiger partial charge in [-0.25, -0.2) is 0 Å². The van der Waals surface area contributed by atoms with E-state index in [-0.39, 0.29) is 5.91 Å².